The minimum absolute atomic E-state index is 0. The zero-order valence-electron chi connectivity index (χ0n) is 21.5. The van der Waals surface area contributed by atoms with Crippen LogP contribution in [0.25, 0.3) is 0 Å². The number of nitrogens with zero attached hydrogens (tertiary/aromatic N) is 1. The van der Waals surface area contributed by atoms with Crippen molar-refractivity contribution in [3.8, 4) is 0 Å². The van der Waals surface area contributed by atoms with Crippen LogP contribution in [0.15, 0.2) is 36.4 Å². The first kappa shape index (κ1) is 28.5. The molecule has 3 heteroatoms. The Morgan fingerprint density at radius 3 is 1.57 bits per heavy atom. The monoisotopic (exact) mass is 507 g/mol. The van der Waals surface area contributed by atoms with Gasteiger partial charge >= 0.3 is 17.1 Å². The Hall–Kier alpha value is -1.12. The summed E-state index contributed by atoms with van der Waals surface area (Å²) in [7, 11) is 2.20. The van der Waals surface area contributed by atoms with E-state index in [1.165, 1.54) is 34.6 Å². The van der Waals surface area contributed by atoms with Crippen molar-refractivity contribution in [3.63, 3.8) is 0 Å². The van der Waals surface area contributed by atoms with Crippen molar-refractivity contribution in [1.82, 2.24) is 4.90 Å². The fraction of sp³-hybridized carbons (Fsp3) is 0.312. The fourth-order valence-electron chi connectivity index (χ4n) is 5.52. The Labute approximate surface area is 225 Å². The van der Waals surface area contributed by atoms with E-state index < -0.39 is 5.60 Å². The van der Waals surface area contributed by atoms with E-state index in [1.807, 2.05) is 32.1 Å². The molecule has 0 bridgehead atoms. The third kappa shape index (κ3) is 6.42. The molecule has 3 aliphatic rings. The summed E-state index contributed by atoms with van der Waals surface area (Å²) in [6, 6.07) is 13.3. The van der Waals surface area contributed by atoms with Crippen molar-refractivity contribution >= 4 is 0 Å². The Morgan fingerprint density at radius 2 is 1.17 bits per heavy atom. The molecule has 1 saturated heterocycles. The van der Waals surface area contributed by atoms with Crippen LogP contribution in [-0.2, 0) is 22.7 Å². The quantitative estimate of drug-likeness (QED) is 0.510. The molecule has 2 nitrogen and oxygen atoms in total. The van der Waals surface area contributed by atoms with Gasteiger partial charge in [0.2, 0.25) is 0 Å². The first-order valence-electron chi connectivity index (χ1n) is 12.3. The van der Waals surface area contributed by atoms with E-state index in [2.05, 4.69) is 95.3 Å². The standard InChI is InChI=1S/C27H32NO.C5H5.Fe/c1-18-12-19(2)15-22(14-18)27(29,23-16-20(3)13-21(4)17-23)25-9-6-8-24(25)26-10-7-11-28(26)5;1-2-4-5-3-1;/h6,8-9,12-17,26,29H,7,10-11H2,1-5H3;1-5H;/q;;+2/t26-;;/m1../s1. The van der Waals surface area contributed by atoms with Crippen molar-refractivity contribution in [2.24, 2.45) is 0 Å². The number of hydrogen-bond acceptors (Lipinski definition) is 2. The number of aryl methyl sites for hydroxylation is 4. The van der Waals surface area contributed by atoms with Gasteiger partial charge in [0.15, 0.2) is 0 Å². The Morgan fingerprint density at radius 1 is 0.714 bits per heavy atom. The maximum atomic E-state index is 12.5. The molecule has 1 atom stereocenters. The minimum Gasteiger partial charge on any atom is -0.380 e. The van der Waals surface area contributed by atoms with Gasteiger partial charge in [-0.3, -0.25) is 0 Å². The van der Waals surface area contributed by atoms with Gasteiger partial charge in [-0.15, -0.1) is 0 Å². The molecular formula is C32H37FeNO+2. The van der Waals surface area contributed by atoms with Crippen molar-refractivity contribution in [2.75, 3.05) is 13.6 Å². The van der Waals surface area contributed by atoms with E-state index >= 15 is 0 Å². The predicted octanol–water partition coefficient (Wildman–Crippen LogP) is 6.04. The molecule has 1 N–H and O–H groups in total. The molecule has 10 radical (unpaired) electrons. The Bertz CT molecular complexity index is 866. The maximum Gasteiger partial charge on any atom is 2.00 e. The summed E-state index contributed by atoms with van der Waals surface area (Å²) >= 11 is 0. The van der Waals surface area contributed by atoms with Crippen molar-refractivity contribution < 1.29 is 22.2 Å². The van der Waals surface area contributed by atoms with Crippen LogP contribution in [0.1, 0.15) is 46.2 Å². The second-order valence-electron chi connectivity index (χ2n) is 9.96. The minimum atomic E-state index is -1.17. The molecule has 1 heterocycles. The van der Waals surface area contributed by atoms with Gasteiger partial charge in [-0.05, 0) is 117 Å². The van der Waals surface area contributed by atoms with Crippen molar-refractivity contribution in [3.05, 3.63) is 133 Å². The summed E-state index contributed by atoms with van der Waals surface area (Å²) in [4.78, 5) is 2.42. The van der Waals surface area contributed by atoms with Gasteiger partial charge < -0.3 is 10.0 Å². The number of aliphatic hydroxyl groups is 1. The fourth-order valence-corrected chi connectivity index (χ4v) is 5.52. The average molecular weight is 507 g/mol. The third-order valence-electron chi connectivity index (χ3n) is 6.95. The van der Waals surface area contributed by atoms with Crippen molar-refractivity contribution in [1.29, 1.82) is 0 Å². The zero-order chi connectivity index (χ0) is 24.3. The van der Waals surface area contributed by atoms with E-state index in [4.69, 9.17) is 0 Å². The van der Waals surface area contributed by atoms with Crippen molar-refractivity contribution in [2.45, 2.75) is 52.2 Å². The van der Waals surface area contributed by atoms with Gasteiger partial charge in [-0.1, -0.05) is 58.7 Å². The molecule has 182 valence electrons. The second kappa shape index (κ2) is 12.4. The van der Waals surface area contributed by atoms with Crippen LogP contribution in [0.5, 0.6) is 0 Å². The van der Waals surface area contributed by atoms with Crippen LogP contribution >= 0.6 is 0 Å². The van der Waals surface area contributed by atoms with Crippen LogP contribution in [0.4, 0.5) is 0 Å². The van der Waals surface area contributed by atoms with Gasteiger partial charge in [0, 0.05) is 17.9 Å². The van der Waals surface area contributed by atoms with Crippen LogP contribution < -0.4 is 0 Å². The Balaban J connectivity index is 0.000000509. The van der Waals surface area contributed by atoms with Crippen LogP contribution in [0.3, 0.4) is 0 Å². The van der Waals surface area contributed by atoms with E-state index in [0.29, 0.717) is 6.04 Å². The first-order valence-corrected chi connectivity index (χ1v) is 12.3. The number of benzene rings is 2. The molecule has 0 spiro atoms. The van der Waals surface area contributed by atoms with Gasteiger partial charge in [0.1, 0.15) is 5.60 Å². The first-order chi connectivity index (χ1) is 16.3. The molecule has 5 rings (SSSR count). The van der Waals surface area contributed by atoms with E-state index in [1.54, 1.807) is 0 Å². The molecular weight excluding hydrogens is 470 g/mol. The molecule has 0 aromatic heterocycles. The van der Waals surface area contributed by atoms with Crippen LogP contribution in [0, 0.1) is 90.9 Å². The summed E-state index contributed by atoms with van der Waals surface area (Å²) in [5.41, 5.74) is 5.43. The second-order valence-corrected chi connectivity index (χ2v) is 9.96. The largest absolute Gasteiger partial charge is 2.00 e. The van der Waals surface area contributed by atoms with Gasteiger partial charge in [0.05, 0.1) is 0 Å². The normalized spacial score (nSPS) is 21.6. The van der Waals surface area contributed by atoms with E-state index in [9.17, 15) is 5.11 Å². The van der Waals surface area contributed by atoms with E-state index in [-0.39, 0.29) is 17.1 Å². The topological polar surface area (TPSA) is 23.5 Å². The molecule has 2 aromatic rings. The molecule has 2 aromatic carbocycles. The average Bonchev–Trinajstić information content (AvgIpc) is 3.55. The molecule has 0 amide bonds. The molecule has 3 fully saturated rings. The molecule has 2 aliphatic carbocycles. The van der Waals surface area contributed by atoms with Gasteiger partial charge in [0.25, 0.3) is 0 Å². The van der Waals surface area contributed by atoms with Crippen LogP contribution in [0.2, 0.25) is 0 Å². The van der Waals surface area contributed by atoms with E-state index in [0.717, 1.165) is 30.0 Å². The summed E-state index contributed by atoms with van der Waals surface area (Å²) in [6.45, 7) is 9.54. The number of rotatable bonds is 4. The number of hydrogen-bond donors (Lipinski definition) is 1. The third-order valence-corrected chi connectivity index (χ3v) is 6.95. The summed E-state index contributed by atoms with van der Waals surface area (Å²) in [5.74, 6) is 2.28. The summed E-state index contributed by atoms with van der Waals surface area (Å²) in [6.07, 6.45) is 18.8. The SMILES string of the molecule is Cc1cc(C)cc(C(O)([C]2[CH][CH][CH][C]2[C@H]2CCCN2C)c2cc(C)cc(C)c2)c1.[CH]1[CH][CH][CH][CH]1.[Fe+2]. The molecule has 35 heavy (non-hydrogen) atoms. The molecule has 0 unspecified atom stereocenters. The Kier molecular flexibility index (Phi) is 10.1. The molecule has 2 saturated carbocycles. The van der Waals surface area contributed by atoms with Gasteiger partial charge in [-0.25, -0.2) is 0 Å². The van der Waals surface area contributed by atoms with Gasteiger partial charge in [-0.2, -0.15) is 0 Å². The number of likely N-dealkylation sites (tertiary alicyclic amines) is 1. The maximum absolute atomic E-state index is 12.5. The molecule has 1 aliphatic heterocycles. The smallest absolute Gasteiger partial charge is 0.380 e. The predicted molar refractivity (Wildman–Crippen MR) is 141 cm³/mol. The summed E-state index contributed by atoms with van der Waals surface area (Å²) < 4.78 is 0. The summed E-state index contributed by atoms with van der Waals surface area (Å²) in [5, 5.41) is 12.5. The van der Waals surface area contributed by atoms with Crippen LogP contribution in [-0.4, -0.2) is 29.6 Å². The zero-order valence-corrected chi connectivity index (χ0v) is 22.6.